The van der Waals surface area contributed by atoms with Crippen LogP contribution in [0.5, 0.6) is 0 Å². The molecule has 0 saturated carbocycles. The molecule has 3 aromatic heterocycles. The number of imidazole rings is 1. The Morgan fingerprint density at radius 2 is 1.74 bits per heavy atom. The summed E-state index contributed by atoms with van der Waals surface area (Å²) in [6.45, 7) is 9.64. The van der Waals surface area contributed by atoms with Crippen molar-refractivity contribution in [3.63, 3.8) is 0 Å². The number of piperidine rings is 1. The summed E-state index contributed by atoms with van der Waals surface area (Å²) in [5.74, 6) is 0.796. The van der Waals surface area contributed by atoms with Crippen LogP contribution in [0.3, 0.4) is 0 Å². The lowest BCUT2D eigenvalue weighted by atomic mass is 9.98. The molecule has 2 N–H and O–H groups in total. The topological polar surface area (TPSA) is 80.0 Å². The first-order chi connectivity index (χ1) is 19.1. The molecule has 0 unspecified atom stereocenters. The summed E-state index contributed by atoms with van der Waals surface area (Å²) >= 11 is 0. The average Bonchev–Trinajstić information content (AvgIpc) is 3.57. The van der Waals surface area contributed by atoms with Gasteiger partial charge in [0.2, 0.25) is 0 Å². The van der Waals surface area contributed by atoms with Crippen LogP contribution in [0.25, 0.3) is 44.6 Å². The van der Waals surface area contributed by atoms with E-state index in [1.807, 2.05) is 12.4 Å². The minimum absolute atomic E-state index is 0.796. The molecule has 5 aromatic rings. The molecule has 5 heterocycles. The SMILES string of the molecule is Cc1cc2[nH]nc(-c3nc4c(N5CCN(C)CC5)cccc4[nH]3)c2cc1-c1cncc(CN2CCCCC2)c1. The first-order valence-corrected chi connectivity index (χ1v) is 14.2. The number of pyridine rings is 1. The van der Waals surface area contributed by atoms with Gasteiger partial charge in [-0.1, -0.05) is 12.5 Å². The number of benzene rings is 2. The Morgan fingerprint density at radius 3 is 2.59 bits per heavy atom. The summed E-state index contributed by atoms with van der Waals surface area (Å²) in [5.41, 5.74) is 9.93. The zero-order chi connectivity index (χ0) is 26.3. The monoisotopic (exact) mass is 520 g/mol. The van der Waals surface area contributed by atoms with Gasteiger partial charge in [-0.2, -0.15) is 5.10 Å². The molecule has 2 aliphatic heterocycles. The van der Waals surface area contributed by atoms with Gasteiger partial charge in [-0.3, -0.25) is 15.0 Å². The number of para-hydroxylation sites is 1. The van der Waals surface area contributed by atoms with Crippen LogP contribution in [0.4, 0.5) is 5.69 Å². The quantitative estimate of drug-likeness (QED) is 0.331. The highest BCUT2D eigenvalue weighted by Crippen LogP contribution is 2.34. The fourth-order valence-electron chi connectivity index (χ4n) is 6.19. The van der Waals surface area contributed by atoms with E-state index < -0.39 is 0 Å². The van der Waals surface area contributed by atoms with E-state index in [9.17, 15) is 0 Å². The maximum absolute atomic E-state index is 5.09. The number of anilines is 1. The number of likely N-dealkylation sites (N-methyl/N-ethyl adjacent to an activating group) is 1. The van der Waals surface area contributed by atoms with Crippen molar-refractivity contribution < 1.29 is 0 Å². The molecule has 0 atom stereocenters. The molecule has 0 radical (unpaired) electrons. The lowest BCUT2D eigenvalue weighted by molar-refractivity contribution is 0.220. The highest BCUT2D eigenvalue weighted by molar-refractivity contribution is 5.98. The van der Waals surface area contributed by atoms with E-state index in [0.29, 0.717) is 0 Å². The Morgan fingerprint density at radius 1 is 0.897 bits per heavy atom. The highest BCUT2D eigenvalue weighted by Gasteiger charge is 2.20. The van der Waals surface area contributed by atoms with Crippen molar-refractivity contribution in [2.75, 3.05) is 51.2 Å². The van der Waals surface area contributed by atoms with Gasteiger partial charge in [-0.05, 0) is 86.9 Å². The lowest BCUT2D eigenvalue weighted by Gasteiger charge is -2.34. The molecule has 2 aromatic carbocycles. The van der Waals surface area contributed by atoms with Crippen LogP contribution >= 0.6 is 0 Å². The van der Waals surface area contributed by atoms with Crippen LogP contribution < -0.4 is 4.90 Å². The number of hydrogen-bond donors (Lipinski definition) is 2. The van der Waals surface area contributed by atoms with Gasteiger partial charge in [-0.25, -0.2) is 4.98 Å². The second kappa shape index (κ2) is 10.1. The number of piperazine rings is 1. The number of H-pyrrole nitrogens is 2. The molecule has 39 heavy (non-hydrogen) atoms. The Balaban J connectivity index is 1.24. The molecule has 0 spiro atoms. The zero-order valence-electron chi connectivity index (χ0n) is 22.9. The van der Waals surface area contributed by atoms with E-state index in [4.69, 9.17) is 10.1 Å². The van der Waals surface area contributed by atoms with E-state index in [1.165, 1.54) is 54.7 Å². The smallest absolute Gasteiger partial charge is 0.159 e. The minimum Gasteiger partial charge on any atom is -0.367 e. The van der Waals surface area contributed by atoms with Gasteiger partial charge in [0.1, 0.15) is 11.2 Å². The van der Waals surface area contributed by atoms with Crippen LogP contribution in [0.2, 0.25) is 0 Å². The van der Waals surface area contributed by atoms with Gasteiger partial charge >= 0.3 is 0 Å². The predicted molar refractivity (Wildman–Crippen MR) is 158 cm³/mol. The maximum atomic E-state index is 5.09. The number of fused-ring (bicyclic) bond motifs is 2. The van der Waals surface area contributed by atoms with Gasteiger partial charge in [-0.15, -0.1) is 0 Å². The Bertz CT molecular complexity index is 1620. The summed E-state index contributed by atoms with van der Waals surface area (Å²) in [7, 11) is 2.18. The Kier molecular flexibility index (Phi) is 6.29. The second-order valence-electron chi connectivity index (χ2n) is 11.3. The molecule has 8 heteroatoms. The number of aromatic amines is 2. The van der Waals surface area contributed by atoms with E-state index in [-0.39, 0.29) is 0 Å². The lowest BCUT2D eigenvalue weighted by Crippen LogP contribution is -2.44. The van der Waals surface area contributed by atoms with Gasteiger partial charge in [0, 0.05) is 56.1 Å². The van der Waals surface area contributed by atoms with E-state index in [0.717, 1.165) is 71.7 Å². The molecule has 7 rings (SSSR count). The fraction of sp³-hybridized carbons (Fsp3) is 0.387. The molecule has 8 nitrogen and oxygen atoms in total. The highest BCUT2D eigenvalue weighted by atomic mass is 15.3. The minimum atomic E-state index is 0.796. The third-order valence-corrected chi connectivity index (χ3v) is 8.43. The maximum Gasteiger partial charge on any atom is 0.159 e. The van der Waals surface area contributed by atoms with Gasteiger partial charge in [0.15, 0.2) is 5.82 Å². The molecule has 200 valence electrons. The summed E-state index contributed by atoms with van der Waals surface area (Å²) < 4.78 is 0. The number of hydrogen-bond acceptors (Lipinski definition) is 6. The van der Waals surface area contributed by atoms with Crippen molar-refractivity contribution in [3.05, 3.63) is 59.9 Å². The van der Waals surface area contributed by atoms with Crippen molar-refractivity contribution >= 4 is 27.6 Å². The first kappa shape index (κ1) is 24.3. The third kappa shape index (κ3) is 4.68. The molecule has 2 fully saturated rings. The normalized spacial score (nSPS) is 17.4. The van der Waals surface area contributed by atoms with Crippen LogP contribution in [-0.2, 0) is 6.54 Å². The first-order valence-electron chi connectivity index (χ1n) is 14.2. The summed E-state index contributed by atoms with van der Waals surface area (Å²) in [5, 5.41) is 9.04. The van der Waals surface area contributed by atoms with Crippen LogP contribution in [-0.4, -0.2) is 81.3 Å². The number of rotatable bonds is 5. The summed E-state index contributed by atoms with van der Waals surface area (Å²) in [6.07, 6.45) is 7.94. The zero-order valence-corrected chi connectivity index (χ0v) is 22.9. The number of likely N-dealkylation sites (tertiary alicyclic amines) is 1. The molecular weight excluding hydrogens is 484 g/mol. The van der Waals surface area contributed by atoms with Gasteiger partial charge in [0.05, 0.1) is 16.7 Å². The molecule has 2 saturated heterocycles. The van der Waals surface area contributed by atoms with Crippen molar-refractivity contribution in [3.8, 4) is 22.6 Å². The van der Waals surface area contributed by atoms with Crippen molar-refractivity contribution in [2.24, 2.45) is 0 Å². The molecule has 0 bridgehead atoms. The van der Waals surface area contributed by atoms with Crippen molar-refractivity contribution in [1.82, 2.24) is 34.9 Å². The summed E-state index contributed by atoms with van der Waals surface area (Å²) in [6, 6.07) is 13.2. The largest absolute Gasteiger partial charge is 0.367 e. The van der Waals surface area contributed by atoms with Crippen LogP contribution in [0, 0.1) is 6.92 Å². The fourth-order valence-corrected chi connectivity index (χ4v) is 6.19. The van der Waals surface area contributed by atoms with E-state index in [1.54, 1.807) is 0 Å². The number of nitrogens with zero attached hydrogens (tertiary/aromatic N) is 6. The number of aryl methyl sites for hydroxylation is 1. The Labute approximate surface area is 229 Å². The van der Waals surface area contributed by atoms with E-state index >= 15 is 0 Å². The van der Waals surface area contributed by atoms with E-state index in [2.05, 4.69) is 80.1 Å². The molecular formula is C31H36N8. The molecule has 0 aliphatic carbocycles. The third-order valence-electron chi connectivity index (χ3n) is 8.43. The van der Waals surface area contributed by atoms with Gasteiger partial charge < -0.3 is 14.8 Å². The standard InChI is InChI=1S/C31H36N8/c1-21-15-27-25(17-24(21)23-16-22(18-32-19-23)20-38-9-4-3-5-10-38)29(36-35-27)31-33-26-7-6-8-28(30(26)34-31)39-13-11-37(2)12-14-39/h6-8,15-19H,3-5,9-14,20H2,1-2H3,(H,33,34)(H,35,36). The molecule has 0 amide bonds. The van der Waals surface area contributed by atoms with Crippen molar-refractivity contribution in [2.45, 2.75) is 32.7 Å². The Hall–Kier alpha value is -3.75. The predicted octanol–water partition coefficient (Wildman–Crippen LogP) is 5.21. The number of nitrogens with one attached hydrogen (secondary N) is 2. The van der Waals surface area contributed by atoms with Crippen LogP contribution in [0.15, 0.2) is 48.8 Å². The van der Waals surface area contributed by atoms with Crippen molar-refractivity contribution in [1.29, 1.82) is 0 Å². The van der Waals surface area contributed by atoms with Gasteiger partial charge in [0.25, 0.3) is 0 Å². The average molecular weight is 521 g/mol. The summed E-state index contributed by atoms with van der Waals surface area (Å²) in [4.78, 5) is 20.6. The number of aromatic nitrogens is 5. The second-order valence-corrected chi connectivity index (χ2v) is 11.3. The molecule has 2 aliphatic rings. The van der Waals surface area contributed by atoms with Crippen LogP contribution in [0.1, 0.15) is 30.4 Å².